The summed E-state index contributed by atoms with van der Waals surface area (Å²) < 4.78 is 10.1. The van der Waals surface area contributed by atoms with Gasteiger partial charge in [0.25, 0.3) is 0 Å². The maximum atomic E-state index is 9.76. The number of hydrogen-bond donors (Lipinski definition) is 3. The van der Waals surface area contributed by atoms with E-state index in [0.717, 1.165) is 6.54 Å². The number of hydrazone groups is 1. The molecule has 1 aromatic rings. The van der Waals surface area contributed by atoms with Gasteiger partial charge in [0, 0.05) is 12.1 Å². The van der Waals surface area contributed by atoms with E-state index >= 15 is 0 Å². The van der Waals surface area contributed by atoms with Crippen molar-refractivity contribution in [2.24, 2.45) is 5.10 Å². The molecule has 0 amide bonds. The third-order valence-corrected chi connectivity index (χ3v) is 2.45. The van der Waals surface area contributed by atoms with E-state index in [4.69, 9.17) is 21.7 Å². The van der Waals surface area contributed by atoms with Crippen LogP contribution in [-0.4, -0.2) is 37.2 Å². The van der Waals surface area contributed by atoms with Gasteiger partial charge in [-0.25, -0.2) is 0 Å². The molecule has 6 nitrogen and oxygen atoms in total. The molecule has 0 aliphatic rings. The normalized spacial score (nSPS) is 10.3. The van der Waals surface area contributed by atoms with Crippen LogP contribution in [0.5, 0.6) is 17.2 Å². The standard InChI is InChI=1S/C12H17N3O3S/c1-4-13-12(19)15-14-7-8-5-9(17-2)11(16)10(6-8)18-3/h5-7,16H,4H2,1-3H3,(H2,13,15,19)/b14-7+. The first-order valence-electron chi connectivity index (χ1n) is 5.64. The van der Waals surface area contributed by atoms with Crippen molar-refractivity contribution in [3.05, 3.63) is 17.7 Å². The van der Waals surface area contributed by atoms with Gasteiger partial charge < -0.3 is 19.9 Å². The van der Waals surface area contributed by atoms with Crippen LogP contribution in [0.1, 0.15) is 12.5 Å². The average molecular weight is 283 g/mol. The Morgan fingerprint density at radius 1 is 1.37 bits per heavy atom. The van der Waals surface area contributed by atoms with Crippen molar-refractivity contribution in [1.29, 1.82) is 0 Å². The van der Waals surface area contributed by atoms with Gasteiger partial charge in [-0.2, -0.15) is 5.10 Å². The van der Waals surface area contributed by atoms with Crippen molar-refractivity contribution in [2.45, 2.75) is 6.92 Å². The van der Waals surface area contributed by atoms with Gasteiger partial charge in [-0.05, 0) is 31.3 Å². The largest absolute Gasteiger partial charge is 0.502 e. The highest BCUT2D eigenvalue weighted by Gasteiger charge is 2.10. The molecule has 0 aliphatic carbocycles. The van der Waals surface area contributed by atoms with Crippen LogP contribution in [0.15, 0.2) is 17.2 Å². The fourth-order valence-electron chi connectivity index (χ4n) is 1.35. The lowest BCUT2D eigenvalue weighted by Crippen LogP contribution is -2.31. The quantitative estimate of drug-likeness (QED) is 0.429. The Kier molecular flexibility index (Phi) is 5.87. The Labute approximate surface area is 117 Å². The Morgan fingerprint density at radius 2 is 1.95 bits per heavy atom. The molecule has 19 heavy (non-hydrogen) atoms. The van der Waals surface area contributed by atoms with E-state index in [1.54, 1.807) is 18.3 Å². The molecule has 1 rings (SSSR count). The number of aromatic hydroxyl groups is 1. The van der Waals surface area contributed by atoms with Gasteiger partial charge >= 0.3 is 0 Å². The van der Waals surface area contributed by atoms with Crippen molar-refractivity contribution in [3.8, 4) is 17.2 Å². The summed E-state index contributed by atoms with van der Waals surface area (Å²) in [5, 5.41) is 17.1. The predicted molar refractivity (Wildman–Crippen MR) is 78.2 cm³/mol. The summed E-state index contributed by atoms with van der Waals surface area (Å²) >= 11 is 4.96. The molecule has 0 saturated carbocycles. The van der Waals surface area contributed by atoms with E-state index < -0.39 is 0 Å². The second kappa shape index (κ2) is 7.42. The molecule has 0 heterocycles. The second-order valence-corrected chi connectivity index (χ2v) is 3.91. The summed E-state index contributed by atoms with van der Waals surface area (Å²) in [6, 6.07) is 3.28. The summed E-state index contributed by atoms with van der Waals surface area (Å²) in [6.07, 6.45) is 1.55. The zero-order valence-electron chi connectivity index (χ0n) is 11.1. The van der Waals surface area contributed by atoms with E-state index in [-0.39, 0.29) is 5.75 Å². The first-order valence-corrected chi connectivity index (χ1v) is 6.05. The molecular formula is C12H17N3O3S. The fourth-order valence-corrected chi connectivity index (χ4v) is 1.55. The SMILES string of the molecule is CCNC(=S)N/N=C/c1cc(OC)c(O)c(OC)c1. The Bertz CT molecular complexity index is 452. The summed E-state index contributed by atoms with van der Waals surface area (Å²) in [6.45, 7) is 2.66. The number of phenolic OH excluding ortho intramolecular Hbond substituents is 1. The number of methoxy groups -OCH3 is 2. The van der Waals surface area contributed by atoms with Gasteiger partial charge in [-0.3, -0.25) is 5.43 Å². The Morgan fingerprint density at radius 3 is 2.42 bits per heavy atom. The Balaban J connectivity index is 2.83. The van der Waals surface area contributed by atoms with Gasteiger partial charge in [0.15, 0.2) is 16.6 Å². The molecule has 0 fully saturated rings. The first-order chi connectivity index (χ1) is 9.12. The van der Waals surface area contributed by atoms with Gasteiger partial charge in [-0.1, -0.05) is 0 Å². The minimum Gasteiger partial charge on any atom is -0.502 e. The molecule has 7 heteroatoms. The van der Waals surface area contributed by atoms with Crippen LogP contribution >= 0.6 is 12.2 Å². The van der Waals surface area contributed by atoms with E-state index in [9.17, 15) is 5.11 Å². The van der Waals surface area contributed by atoms with Gasteiger partial charge in [0.1, 0.15) is 0 Å². The summed E-state index contributed by atoms with van der Waals surface area (Å²) in [5.74, 6) is 0.586. The van der Waals surface area contributed by atoms with Gasteiger partial charge in [-0.15, -0.1) is 0 Å². The smallest absolute Gasteiger partial charge is 0.200 e. The summed E-state index contributed by atoms with van der Waals surface area (Å²) in [7, 11) is 2.93. The summed E-state index contributed by atoms with van der Waals surface area (Å²) in [5.41, 5.74) is 3.37. The van der Waals surface area contributed by atoms with E-state index in [0.29, 0.717) is 22.2 Å². The highest BCUT2D eigenvalue weighted by atomic mass is 32.1. The molecule has 3 N–H and O–H groups in total. The molecule has 0 aromatic heterocycles. The maximum absolute atomic E-state index is 9.76. The number of ether oxygens (including phenoxy) is 2. The average Bonchev–Trinajstić information content (AvgIpc) is 2.40. The molecule has 0 aliphatic heterocycles. The molecular weight excluding hydrogens is 266 g/mol. The molecule has 104 valence electrons. The lowest BCUT2D eigenvalue weighted by Gasteiger charge is -2.09. The number of hydrogen-bond acceptors (Lipinski definition) is 5. The van der Waals surface area contributed by atoms with Crippen molar-refractivity contribution in [3.63, 3.8) is 0 Å². The number of benzene rings is 1. The van der Waals surface area contributed by atoms with Crippen LogP contribution in [0, 0.1) is 0 Å². The number of phenols is 1. The van der Waals surface area contributed by atoms with Crippen molar-refractivity contribution in [2.75, 3.05) is 20.8 Å². The molecule has 0 unspecified atom stereocenters. The van der Waals surface area contributed by atoms with Crippen LogP contribution in [0.4, 0.5) is 0 Å². The minimum absolute atomic E-state index is 0.0433. The first kappa shape index (κ1) is 15.0. The number of nitrogens with one attached hydrogen (secondary N) is 2. The zero-order chi connectivity index (χ0) is 14.3. The predicted octanol–water partition coefficient (Wildman–Crippen LogP) is 1.23. The van der Waals surface area contributed by atoms with Crippen LogP contribution < -0.4 is 20.2 Å². The van der Waals surface area contributed by atoms with E-state index in [1.165, 1.54) is 14.2 Å². The molecule has 0 atom stereocenters. The summed E-state index contributed by atoms with van der Waals surface area (Å²) in [4.78, 5) is 0. The minimum atomic E-state index is -0.0433. The van der Waals surface area contributed by atoms with Crippen LogP contribution in [0.2, 0.25) is 0 Å². The zero-order valence-corrected chi connectivity index (χ0v) is 11.9. The number of rotatable bonds is 5. The molecule has 0 spiro atoms. The molecule has 0 radical (unpaired) electrons. The van der Waals surface area contributed by atoms with Gasteiger partial charge in [0.05, 0.1) is 20.4 Å². The third-order valence-electron chi connectivity index (χ3n) is 2.22. The highest BCUT2D eigenvalue weighted by Crippen LogP contribution is 2.36. The van der Waals surface area contributed by atoms with E-state index in [2.05, 4.69) is 15.8 Å². The maximum Gasteiger partial charge on any atom is 0.200 e. The van der Waals surface area contributed by atoms with Crippen LogP contribution in [0.25, 0.3) is 0 Å². The second-order valence-electron chi connectivity index (χ2n) is 3.50. The van der Waals surface area contributed by atoms with Crippen molar-refractivity contribution in [1.82, 2.24) is 10.7 Å². The van der Waals surface area contributed by atoms with Crippen molar-refractivity contribution < 1.29 is 14.6 Å². The Hall–Kier alpha value is -2.02. The van der Waals surface area contributed by atoms with Crippen LogP contribution in [-0.2, 0) is 0 Å². The molecule has 0 bridgehead atoms. The fraction of sp³-hybridized carbons (Fsp3) is 0.333. The lowest BCUT2D eigenvalue weighted by atomic mass is 10.2. The number of thiocarbonyl (C=S) groups is 1. The van der Waals surface area contributed by atoms with Gasteiger partial charge in [0.2, 0.25) is 5.75 Å². The molecule has 0 saturated heterocycles. The topological polar surface area (TPSA) is 75.1 Å². The third kappa shape index (κ3) is 4.29. The monoisotopic (exact) mass is 283 g/mol. The number of nitrogens with zero attached hydrogens (tertiary/aromatic N) is 1. The molecule has 1 aromatic carbocycles. The van der Waals surface area contributed by atoms with Crippen molar-refractivity contribution >= 4 is 23.5 Å². The van der Waals surface area contributed by atoms with Crippen LogP contribution in [0.3, 0.4) is 0 Å². The lowest BCUT2D eigenvalue weighted by molar-refractivity contribution is 0.340. The van der Waals surface area contributed by atoms with E-state index in [1.807, 2.05) is 6.92 Å². The highest BCUT2D eigenvalue weighted by molar-refractivity contribution is 7.80.